The number of hydrogen-bond donors (Lipinski definition) is 2. The van der Waals surface area contributed by atoms with Crippen molar-refractivity contribution in [3.05, 3.63) is 35.6 Å². The van der Waals surface area contributed by atoms with Gasteiger partial charge >= 0.3 is 5.97 Å². The molecule has 2 atom stereocenters. The van der Waals surface area contributed by atoms with E-state index >= 15 is 0 Å². The van der Waals surface area contributed by atoms with E-state index in [2.05, 4.69) is 0 Å². The van der Waals surface area contributed by atoms with Crippen molar-refractivity contribution in [2.75, 3.05) is 6.54 Å². The Labute approximate surface area is 122 Å². The fraction of sp³-hybridized carbons (Fsp3) is 0.467. The van der Waals surface area contributed by atoms with Gasteiger partial charge in [-0.2, -0.15) is 0 Å². The molecule has 0 saturated carbocycles. The number of rotatable bonds is 4. The van der Waals surface area contributed by atoms with Crippen molar-refractivity contribution in [3.63, 3.8) is 0 Å². The topological polar surface area (TPSA) is 77.8 Å². The minimum Gasteiger partial charge on any atom is -0.480 e. The van der Waals surface area contributed by atoms with Gasteiger partial charge < -0.3 is 15.1 Å². The molecule has 1 aromatic rings. The predicted molar refractivity (Wildman–Crippen MR) is 73.0 cm³/mol. The smallest absolute Gasteiger partial charge is 0.326 e. The van der Waals surface area contributed by atoms with Gasteiger partial charge in [-0.1, -0.05) is 12.1 Å². The van der Waals surface area contributed by atoms with E-state index in [9.17, 15) is 19.1 Å². The van der Waals surface area contributed by atoms with E-state index in [0.717, 1.165) is 12.8 Å². The zero-order valence-electron chi connectivity index (χ0n) is 11.5. The van der Waals surface area contributed by atoms with Crippen molar-refractivity contribution < 1.29 is 24.2 Å². The number of aliphatic carboxylic acids is 1. The Morgan fingerprint density at radius 1 is 1.38 bits per heavy atom. The third-order valence-corrected chi connectivity index (χ3v) is 3.71. The van der Waals surface area contributed by atoms with E-state index in [0.29, 0.717) is 18.5 Å². The second-order valence-electron chi connectivity index (χ2n) is 5.21. The minimum absolute atomic E-state index is 0.243. The molecule has 1 saturated heterocycles. The molecule has 1 aliphatic rings. The Morgan fingerprint density at radius 2 is 2.14 bits per heavy atom. The van der Waals surface area contributed by atoms with Crippen molar-refractivity contribution in [1.29, 1.82) is 0 Å². The van der Waals surface area contributed by atoms with Crippen LogP contribution in [0.5, 0.6) is 0 Å². The lowest BCUT2D eigenvalue weighted by Crippen LogP contribution is -2.48. The number of carboxylic acid groups (broad SMARTS) is 1. The van der Waals surface area contributed by atoms with Crippen LogP contribution in [0.15, 0.2) is 24.3 Å². The lowest BCUT2D eigenvalue weighted by molar-refractivity contribution is -0.153. The van der Waals surface area contributed by atoms with Crippen molar-refractivity contribution in [2.24, 2.45) is 0 Å². The minimum atomic E-state index is -1.13. The van der Waals surface area contributed by atoms with Crippen molar-refractivity contribution in [3.8, 4) is 0 Å². The summed E-state index contributed by atoms with van der Waals surface area (Å²) in [5, 5.41) is 19.1. The molecule has 0 spiro atoms. The molecule has 1 amide bonds. The standard InChI is InChI=1S/C15H18FNO4/c16-11-5-3-4-10(8-11)13(18)9-14(19)17-7-2-1-6-12(17)15(20)21/h3-5,8,12-13,18H,1-2,6-7,9H2,(H,20,21)/t12-,13+/m1/s1. The number of carbonyl (C=O) groups excluding carboxylic acids is 1. The molecule has 0 radical (unpaired) electrons. The molecule has 1 fully saturated rings. The Bertz CT molecular complexity index is 534. The molecule has 114 valence electrons. The molecule has 2 rings (SSSR count). The predicted octanol–water partition coefficient (Wildman–Crippen LogP) is 1.71. The summed E-state index contributed by atoms with van der Waals surface area (Å²) >= 11 is 0. The lowest BCUT2D eigenvalue weighted by Gasteiger charge is -2.33. The number of hydrogen-bond acceptors (Lipinski definition) is 3. The van der Waals surface area contributed by atoms with Gasteiger partial charge in [-0.15, -0.1) is 0 Å². The highest BCUT2D eigenvalue weighted by molar-refractivity contribution is 5.84. The van der Waals surface area contributed by atoms with Crippen LogP contribution in [0.1, 0.15) is 37.4 Å². The van der Waals surface area contributed by atoms with Crippen molar-refractivity contribution in [2.45, 2.75) is 37.8 Å². The van der Waals surface area contributed by atoms with Gasteiger partial charge in [0.1, 0.15) is 11.9 Å². The second kappa shape index (κ2) is 6.67. The van der Waals surface area contributed by atoms with Gasteiger partial charge in [0.2, 0.25) is 5.91 Å². The number of carboxylic acids is 1. The number of aliphatic hydroxyl groups excluding tert-OH is 1. The molecule has 2 N–H and O–H groups in total. The number of halogens is 1. The van der Waals surface area contributed by atoms with Gasteiger partial charge in [0.15, 0.2) is 0 Å². The van der Waals surface area contributed by atoms with Crippen LogP contribution < -0.4 is 0 Å². The average molecular weight is 295 g/mol. The van der Waals surface area contributed by atoms with Crippen LogP contribution in [0, 0.1) is 5.82 Å². The molecule has 0 aromatic heterocycles. The summed E-state index contributed by atoms with van der Waals surface area (Å²) < 4.78 is 13.1. The number of amides is 1. The van der Waals surface area contributed by atoms with Crippen LogP contribution in [0.3, 0.4) is 0 Å². The summed E-state index contributed by atoms with van der Waals surface area (Å²) in [6.45, 7) is 0.381. The number of carbonyl (C=O) groups is 2. The van der Waals surface area contributed by atoms with E-state index in [-0.39, 0.29) is 6.42 Å². The molecule has 21 heavy (non-hydrogen) atoms. The first kappa shape index (κ1) is 15.4. The third kappa shape index (κ3) is 3.78. The average Bonchev–Trinajstić information content (AvgIpc) is 2.47. The highest BCUT2D eigenvalue weighted by Gasteiger charge is 2.32. The van der Waals surface area contributed by atoms with Gasteiger partial charge in [0.05, 0.1) is 12.5 Å². The van der Waals surface area contributed by atoms with E-state index in [1.807, 2.05) is 0 Å². The monoisotopic (exact) mass is 295 g/mol. The van der Waals surface area contributed by atoms with Crippen LogP contribution in [-0.2, 0) is 9.59 Å². The number of benzene rings is 1. The van der Waals surface area contributed by atoms with Gasteiger partial charge in [-0.05, 0) is 37.0 Å². The molecule has 1 aliphatic heterocycles. The van der Waals surface area contributed by atoms with Gasteiger partial charge in [0.25, 0.3) is 0 Å². The van der Waals surface area contributed by atoms with E-state index in [1.165, 1.54) is 29.2 Å². The Balaban J connectivity index is 2.04. The lowest BCUT2D eigenvalue weighted by atomic mass is 10.00. The summed E-state index contributed by atoms with van der Waals surface area (Å²) in [4.78, 5) is 24.7. The molecule has 5 nitrogen and oxygen atoms in total. The van der Waals surface area contributed by atoms with Crippen molar-refractivity contribution >= 4 is 11.9 Å². The van der Waals surface area contributed by atoms with Crippen LogP contribution in [0.4, 0.5) is 4.39 Å². The highest BCUT2D eigenvalue weighted by Crippen LogP contribution is 2.23. The van der Waals surface area contributed by atoms with Crippen LogP contribution in [-0.4, -0.2) is 39.6 Å². The molecule has 6 heteroatoms. The quantitative estimate of drug-likeness (QED) is 0.886. The Hall–Kier alpha value is -1.95. The highest BCUT2D eigenvalue weighted by atomic mass is 19.1. The van der Waals surface area contributed by atoms with Crippen LogP contribution in [0.2, 0.25) is 0 Å². The first-order chi connectivity index (χ1) is 9.99. The number of nitrogens with zero attached hydrogens (tertiary/aromatic N) is 1. The van der Waals surface area contributed by atoms with E-state index < -0.39 is 29.8 Å². The molecule has 1 heterocycles. The van der Waals surface area contributed by atoms with E-state index in [1.54, 1.807) is 0 Å². The van der Waals surface area contributed by atoms with Crippen LogP contribution in [0.25, 0.3) is 0 Å². The SMILES string of the molecule is O=C(O)[C@H]1CCCCN1C(=O)C[C@H](O)c1cccc(F)c1. The fourth-order valence-corrected chi connectivity index (χ4v) is 2.60. The summed E-state index contributed by atoms with van der Waals surface area (Å²) in [7, 11) is 0. The Kier molecular flexibility index (Phi) is 4.90. The molecule has 0 unspecified atom stereocenters. The second-order valence-corrected chi connectivity index (χ2v) is 5.21. The maximum atomic E-state index is 13.1. The number of aliphatic hydroxyl groups is 1. The van der Waals surface area contributed by atoms with E-state index in [4.69, 9.17) is 5.11 Å². The molecule has 0 bridgehead atoms. The summed E-state index contributed by atoms with van der Waals surface area (Å²) in [6.07, 6.45) is 0.577. The zero-order chi connectivity index (χ0) is 15.4. The molecular weight excluding hydrogens is 277 g/mol. The maximum absolute atomic E-state index is 13.1. The molecule has 1 aromatic carbocycles. The van der Waals surface area contributed by atoms with Crippen LogP contribution >= 0.6 is 0 Å². The van der Waals surface area contributed by atoms with Crippen molar-refractivity contribution in [1.82, 2.24) is 4.90 Å². The first-order valence-electron chi connectivity index (χ1n) is 6.95. The summed E-state index contributed by atoms with van der Waals surface area (Å²) in [6, 6.07) is 4.59. The normalized spacial score (nSPS) is 20.1. The van der Waals surface area contributed by atoms with Gasteiger partial charge in [-0.25, -0.2) is 9.18 Å². The summed E-state index contributed by atoms with van der Waals surface area (Å²) in [5.74, 6) is -1.93. The molecular formula is C15H18FNO4. The first-order valence-corrected chi connectivity index (χ1v) is 6.95. The third-order valence-electron chi connectivity index (χ3n) is 3.71. The van der Waals surface area contributed by atoms with Gasteiger partial charge in [0, 0.05) is 6.54 Å². The Morgan fingerprint density at radius 3 is 2.81 bits per heavy atom. The number of likely N-dealkylation sites (tertiary alicyclic amines) is 1. The zero-order valence-corrected chi connectivity index (χ0v) is 11.5. The maximum Gasteiger partial charge on any atom is 0.326 e. The fourth-order valence-electron chi connectivity index (χ4n) is 2.60. The molecule has 0 aliphatic carbocycles. The largest absolute Gasteiger partial charge is 0.480 e. The summed E-state index contributed by atoms with van der Waals surface area (Å²) in [5.41, 5.74) is 0.312. The van der Waals surface area contributed by atoms with Gasteiger partial charge in [-0.3, -0.25) is 4.79 Å². The number of piperidine rings is 1.